The minimum atomic E-state index is -0.711. The Hall–Kier alpha value is -1.08. The summed E-state index contributed by atoms with van der Waals surface area (Å²) in [5.74, 6) is 0.328. The fourth-order valence-electron chi connectivity index (χ4n) is 2.79. The molecular formula is C13H20N2O2. The molecular weight excluding hydrogens is 216 g/mol. The third-order valence-corrected chi connectivity index (χ3v) is 4.34. The van der Waals surface area contributed by atoms with Gasteiger partial charge in [0.1, 0.15) is 5.41 Å². The van der Waals surface area contributed by atoms with Crippen molar-refractivity contribution in [3.05, 3.63) is 0 Å². The summed E-state index contributed by atoms with van der Waals surface area (Å²) >= 11 is 0. The molecule has 2 rings (SSSR count). The normalized spacial score (nSPS) is 25.8. The second kappa shape index (κ2) is 4.66. The Morgan fingerprint density at radius 3 is 2.41 bits per heavy atom. The third-order valence-electron chi connectivity index (χ3n) is 4.34. The molecule has 0 spiro atoms. The van der Waals surface area contributed by atoms with Crippen molar-refractivity contribution < 1.29 is 9.90 Å². The average molecular weight is 236 g/mol. The van der Waals surface area contributed by atoms with Gasteiger partial charge >= 0.3 is 0 Å². The van der Waals surface area contributed by atoms with Gasteiger partial charge in [0.25, 0.3) is 0 Å². The van der Waals surface area contributed by atoms with Crippen molar-refractivity contribution in [3.63, 3.8) is 0 Å². The molecule has 0 aromatic carbocycles. The van der Waals surface area contributed by atoms with Crippen LogP contribution in [-0.4, -0.2) is 35.1 Å². The van der Waals surface area contributed by atoms with Crippen LogP contribution in [0.2, 0.25) is 0 Å². The standard InChI is InChI=1S/C13H20N2O2/c1-10(16)11-3-7-15(8-4-11)12(17)13(9-14)5-2-6-13/h10-11,16H,2-8H2,1H3. The number of piperidine rings is 1. The summed E-state index contributed by atoms with van der Waals surface area (Å²) in [6, 6.07) is 2.21. The molecule has 1 heterocycles. The van der Waals surface area contributed by atoms with Crippen molar-refractivity contribution >= 4 is 5.91 Å². The van der Waals surface area contributed by atoms with Gasteiger partial charge in [-0.05, 0) is 44.9 Å². The minimum Gasteiger partial charge on any atom is -0.393 e. The third kappa shape index (κ3) is 2.16. The molecule has 1 aliphatic heterocycles. The van der Waals surface area contributed by atoms with E-state index in [0.29, 0.717) is 19.0 Å². The quantitative estimate of drug-likeness (QED) is 0.786. The lowest BCUT2D eigenvalue weighted by molar-refractivity contribution is -0.145. The molecule has 4 heteroatoms. The van der Waals surface area contributed by atoms with Gasteiger partial charge in [0, 0.05) is 13.1 Å². The number of carbonyl (C=O) groups is 1. The van der Waals surface area contributed by atoms with Gasteiger partial charge in [-0.25, -0.2) is 0 Å². The summed E-state index contributed by atoms with van der Waals surface area (Å²) in [5.41, 5.74) is -0.711. The van der Waals surface area contributed by atoms with Crippen LogP contribution in [0.1, 0.15) is 39.0 Å². The van der Waals surface area contributed by atoms with E-state index in [-0.39, 0.29) is 12.0 Å². The molecule has 17 heavy (non-hydrogen) atoms. The van der Waals surface area contributed by atoms with Crippen LogP contribution in [0.3, 0.4) is 0 Å². The lowest BCUT2D eigenvalue weighted by atomic mass is 9.68. The second-order valence-corrected chi connectivity index (χ2v) is 5.42. The SMILES string of the molecule is CC(O)C1CCN(C(=O)C2(C#N)CCC2)CC1. The first-order valence-electron chi connectivity index (χ1n) is 6.48. The number of rotatable bonds is 2. The molecule has 0 bridgehead atoms. The molecule has 0 aromatic rings. The van der Waals surface area contributed by atoms with E-state index < -0.39 is 5.41 Å². The molecule has 0 radical (unpaired) electrons. The lowest BCUT2D eigenvalue weighted by Crippen LogP contribution is -2.50. The van der Waals surface area contributed by atoms with E-state index in [1.165, 1.54) is 0 Å². The topological polar surface area (TPSA) is 64.3 Å². The Labute approximate surface area is 102 Å². The van der Waals surface area contributed by atoms with Gasteiger partial charge in [-0.15, -0.1) is 0 Å². The second-order valence-electron chi connectivity index (χ2n) is 5.42. The fraction of sp³-hybridized carbons (Fsp3) is 0.846. The van der Waals surface area contributed by atoms with E-state index in [4.69, 9.17) is 5.26 Å². The van der Waals surface area contributed by atoms with E-state index in [1.54, 1.807) is 0 Å². The van der Waals surface area contributed by atoms with E-state index >= 15 is 0 Å². The first-order valence-corrected chi connectivity index (χ1v) is 6.48. The maximum Gasteiger partial charge on any atom is 0.243 e. The predicted molar refractivity (Wildman–Crippen MR) is 62.9 cm³/mol. The van der Waals surface area contributed by atoms with Crippen LogP contribution in [0.5, 0.6) is 0 Å². The summed E-state index contributed by atoms with van der Waals surface area (Å²) in [6.45, 7) is 3.19. The number of aliphatic hydroxyl groups is 1. The van der Waals surface area contributed by atoms with Crippen molar-refractivity contribution in [1.29, 1.82) is 5.26 Å². The molecule has 1 saturated heterocycles. The van der Waals surface area contributed by atoms with Gasteiger partial charge in [-0.3, -0.25) is 4.79 Å². The van der Waals surface area contributed by atoms with Gasteiger partial charge in [0.2, 0.25) is 5.91 Å². The number of aliphatic hydroxyl groups excluding tert-OH is 1. The summed E-state index contributed by atoms with van der Waals surface area (Å²) in [5, 5.41) is 18.6. The van der Waals surface area contributed by atoms with Crippen LogP contribution in [0, 0.1) is 22.7 Å². The molecule has 2 fully saturated rings. The van der Waals surface area contributed by atoms with Crippen LogP contribution in [0.25, 0.3) is 0 Å². The number of hydrogen-bond donors (Lipinski definition) is 1. The van der Waals surface area contributed by atoms with Gasteiger partial charge in [-0.1, -0.05) is 0 Å². The van der Waals surface area contributed by atoms with E-state index in [9.17, 15) is 9.90 Å². The number of amides is 1. The van der Waals surface area contributed by atoms with Crippen molar-refractivity contribution in [3.8, 4) is 6.07 Å². The largest absolute Gasteiger partial charge is 0.393 e. The number of likely N-dealkylation sites (tertiary alicyclic amines) is 1. The smallest absolute Gasteiger partial charge is 0.243 e. The maximum absolute atomic E-state index is 12.3. The molecule has 1 unspecified atom stereocenters. The highest BCUT2D eigenvalue weighted by Gasteiger charge is 2.47. The monoisotopic (exact) mass is 236 g/mol. The van der Waals surface area contributed by atoms with E-state index in [0.717, 1.165) is 32.1 Å². The molecule has 2 aliphatic rings. The number of carbonyl (C=O) groups excluding carboxylic acids is 1. The lowest BCUT2D eigenvalue weighted by Gasteiger charge is -2.41. The molecule has 1 amide bonds. The number of nitrogens with zero attached hydrogens (tertiary/aromatic N) is 2. The van der Waals surface area contributed by atoms with Gasteiger partial charge < -0.3 is 10.0 Å². The van der Waals surface area contributed by atoms with Gasteiger partial charge in [0.05, 0.1) is 12.2 Å². The Kier molecular flexibility index (Phi) is 3.39. The van der Waals surface area contributed by atoms with E-state index in [1.807, 2.05) is 11.8 Å². The summed E-state index contributed by atoms with van der Waals surface area (Å²) in [6.07, 6.45) is 3.84. The molecule has 4 nitrogen and oxygen atoms in total. The molecule has 0 aromatic heterocycles. The van der Waals surface area contributed by atoms with Crippen molar-refractivity contribution in [2.45, 2.75) is 45.1 Å². The molecule has 94 valence electrons. The van der Waals surface area contributed by atoms with Crippen LogP contribution in [0.15, 0.2) is 0 Å². The van der Waals surface area contributed by atoms with Gasteiger partial charge in [-0.2, -0.15) is 5.26 Å². The van der Waals surface area contributed by atoms with Crippen LogP contribution in [0.4, 0.5) is 0 Å². The highest BCUT2D eigenvalue weighted by Crippen LogP contribution is 2.42. The van der Waals surface area contributed by atoms with E-state index in [2.05, 4.69) is 6.07 Å². The Bertz CT molecular complexity index is 334. The first-order chi connectivity index (χ1) is 8.09. The number of nitriles is 1. The van der Waals surface area contributed by atoms with Crippen LogP contribution < -0.4 is 0 Å². The summed E-state index contributed by atoms with van der Waals surface area (Å²) in [4.78, 5) is 14.1. The number of hydrogen-bond acceptors (Lipinski definition) is 3. The highest BCUT2D eigenvalue weighted by molar-refractivity contribution is 5.86. The van der Waals surface area contributed by atoms with Crippen molar-refractivity contribution in [2.24, 2.45) is 11.3 Å². The minimum absolute atomic E-state index is 0.0234. The average Bonchev–Trinajstić information content (AvgIpc) is 2.28. The van der Waals surface area contributed by atoms with Crippen LogP contribution in [-0.2, 0) is 4.79 Å². The zero-order chi connectivity index (χ0) is 12.5. The molecule has 1 atom stereocenters. The summed E-state index contributed by atoms with van der Waals surface area (Å²) in [7, 11) is 0. The maximum atomic E-state index is 12.3. The zero-order valence-electron chi connectivity index (χ0n) is 10.4. The predicted octanol–water partition coefficient (Wildman–Crippen LogP) is 1.30. The summed E-state index contributed by atoms with van der Waals surface area (Å²) < 4.78 is 0. The Morgan fingerprint density at radius 1 is 1.47 bits per heavy atom. The molecule has 1 N–H and O–H groups in total. The fourth-order valence-corrected chi connectivity index (χ4v) is 2.79. The Morgan fingerprint density at radius 2 is 2.06 bits per heavy atom. The molecule has 1 aliphatic carbocycles. The molecule has 1 saturated carbocycles. The van der Waals surface area contributed by atoms with Crippen molar-refractivity contribution in [2.75, 3.05) is 13.1 Å². The highest BCUT2D eigenvalue weighted by atomic mass is 16.3. The Balaban J connectivity index is 1.93. The first kappa shape index (κ1) is 12.4. The zero-order valence-corrected chi connectivity index (χ0v) is 10.4. The van der Waals surface area contributed by atoms with Crippen molar-refractivity contribution in [1.82, 2.24) is 4.90 Å². The van der Waals surface area contributed by atoms with Crippen LogP contribution >= 0.6 is 0 Å². The van der Waals surface area contributed by atoms with Gasteiger partial charge in [0.15, 0.2) is 0 Å².